The molecule has 0 spiro atoms. The van der Waals surface area contributed by atoms with Gasteiger partial charge in [0.05, 0.1) is 24.9 Å². The van der Waals surface area contributed by atoms with Gasteiger partial charge in [0.1, 0.15) is 0 Å². The Balaban J connectivity index is 1.61. The van der Waals surface area contributed by atoms with Crippen molar-refractivity contribution in [2.45, 2.75) is 63.8 Å². The average molecular weight is 297 g/mol. The van der Waals surface area contributed by atoms with E-state index < -0.39 is 0 Å². The minimum Gasteiger partial charge on any atom is -0.383 e. The highest BCUT2D eigenvalue weighted by atomic mass is 16.5. The maximum atomic E-state index is 6.16. The molecule has 0 bridgehead atoms. The molecule has 4 nitrogen and oxygen atoms in total. The van der Waals surface area contributed by atoms with Crippen LogP contribution in [0.25, 0.3) is 0 Å². The van der Waals surface area contributed by atoms with Crippen LogP contribution in [-0.2, 0) is 14.2 Å². The fraction of sp³-hybridized carbons (Fsp3) is 1.00. The summed E-state index contributed by atoms with van der Waals surface area (Å²) in [6.45, 7) is 5.88. The third kappa shape index (κ3) is 3.79. The van der Waals surface area contributed by atoms with Crippen molar-refractivity contribution in [2.24, 2.45) is 11.3 Å². The number of ether oxygens (including phenoxy) is 3. The first-order valence-electron chi connectivity index (χ1n) is 8.70. The highest BCUT2D eigenvalue weighted by Crippen LogP contribution is 2.50. The first-order valence-corrected chi connectivity index (χ1v) is 8.70. The van der Waals surface area contributed by atoms with E-state index in [0.717, 1.165) is 32.2 Å². The summed E-state index contributed by atoms with van der Waals surface area (Å²) in [4.78, 5) is 0. The van der Waals surface area contributed by atoms with Crippen molar-refractivity contribution < 1.29 is 14.2 Å². The Bertz CT molecular complexity index is 334. The zero-order chi connectivity index (χ0) is 14.7. The summed E-state index contributed by atoms with van der Waals surface area (Å²) in [6, 6.07) is 0. The Labute approximate surface area is 128 Å². The van der Waals surface area contributed by atoms with Crippen LogP contribution in [0.15, 0.2) is 0 Å². The van der Waals surface area contributed by atoms with Gasteiger partial charge >= 0.3 is 0 Å². The molecule has 3 aliphatic rings. The molecule has 1 N–H and O–H groups in total. The highest BCUT2D eigenvalue weighted by Gasteiger charge is 2.51. The maximum absolute atomic E-state index is 6.16. The molecule has 2 heterocycles. The van der Waals surface area contributed by atoms with E-state index in [1.54, 1.807) is 7.11 Å². The molecule has 1 saturated carbocycles. The van der Waals surface area contributed by atoms with Gasteiger partial charge in [-0.05, 0) is 51.4 Å². The van der Waals surface area contributed by atoms with Gasteiger partial charge in [-0.3, -0.25) is 0 Å². The summed E-state index contributed by atoms with van der Waals surface area (Å²) in [5, 5.41) is 3.61. The van der Waals surface area contributed by atoms with E-state index in [0.29, 0.717) is 18.3 Å². The number of nitrogens with one attached hydrogen (secondary N) is 1. The zero-order valence-electron chi connectivity index (χ0n) is 13.6. The van der Waals surface area contributed by atoms with Crippen LogP contribution in [0.1, 0.15) is 45.4 Å². The number of methoxy groups -OCH3 is 1. The summed E-state index contributed by atoms with van der Waals surface area (Å²) in [7, 11) is 1.76. The monoisotopic (exact) mass is 297 g/mol. The molecule has 21 heavy (non-hydrogen) atoms. The summed E-state index contributed by atoms with van der Waals surface area (Å²) in [6.07, 6.45) is 8.82. The SMILES string of the molecule is COCCNCC1(CC2CCC(C)O2)CCOC1C1CC1. The van der Waals surface area contributed by atoms with Crippen molar-refractivity contribution in [3.05, 3.63) is 0 Å². The van der Waals surface area contributed by atoms with Gasteiger partial charge < -0.3 is 19.5 Å². The number of hydrogen-bond acceptors (Lipinski definition) is 4. The summed E-state index contributed by atoms with van der Waals surface area (Å²) in [5.41, 5.74) is 0.281. The quantitative estimate of drug-likeness (QED) is 0.698. The van der Waals surface area contributed by atoms with E-state index in [-0.39, 0.29) is 5.41 Å². The standard InChI is InChI=1S/C17H31NO3/c1-13-3-6-15(21-13)11-17(12-18-8-10-19-2)7-9-20-16(17)14-4-5-14/h13-16,18H,3-12H2,1-2H3. The second kappa shape index (κ2) is 6.95. The molecule has 4 atom stereocenters. The molecule has 4 unspecified atom stereocenters. The van der Waals surface area contributed by atoms with Crippen LogP contribution in [0.5, 0.6) is 0 Å². The second-order valence-electron chi connectivity index (χ2n) is 7.26. The van der Waals surface area contributed by atoms with Gasteiger partial charge in [-0.1, -0.05) is 0 Å². The van der Waals surface area contributed by atoms with E-state index in [1.165, 1.54) is 38.5 Å². The molecule has 0 amide bonds. The number of rotatable bonds is 8. The lowest BCUT2D eigenvalue weighted by atomic mass is 9.74. The summed E-state index contributed by atoms with van der Waals surface area (Å²) < 4.78 is 17.4. The first-order chi connectivity index (χ1) is 10.2. The molecule has 4 heteroatoms. The lowest BCUT2D eigenvalue weighted by Crippen LogP contribution is -2.44. The minimum atomic E-state index is 0.281. The van der Waals surface area contributed by atoms with Crippen LogP contribution in [0.3, 0.4) is 0 Å². The van der Waals surface area contributed by atoms with Crippen molar-refractivity contribution in [1.29, 1.82) is 0 Å². The van der Waals surface area contributed by atoms with Crippen LogP contribution >= 0.6 is 0 Å². The van der Waals surface area contributed by atoms with Crippen LogP contribution in [0.4, 0.5) is 0 Å². The molecule has 0 radical (unpaired) electrons. The van der Waals surface area contributed by atoms with E-state index in [2.05, 4.69) is 12.2 Å². The van der Waals surface area contributed by atoms with Crippen LogP contribution in [-0.4, -0.2) is 51.7 Å². The number of hydrogen-bond donors (Lipinski definition) is 1. The molecule has 3 fully saturated rings. The van der Waals surface area contributed by atoms with Gasteiger partial charge in [0, 0.05) is 32.2 Å². The normalized spacial score (nSPS) is 40.0. The zero-order valence-corrected chi connectivity index (χ0v) is 13.6. The Hall–Kier alpha value is -0.160. The van der Waals surface area contributed by atoms with Crippen LogP contribution in [0.2, 0.25) is 0 Å². The van der Waals surface area contributed by atoms with Gasteiger partial charge in [-0.15, -0.1) is 0 Å². The molecule has 122 valence electrons. The molecule has 2 saturated heterocycles. The predicted molar refractivity (Wildman–Crippen MR) is 82.4 cm³/mol. The highest BCUT2D eigenvalue weighted by molar-refractivity contribution is 5.02. The lowest BCUT2D eigenvalue weighted by Gasteiger charge is -2.36. The first kappa shape index (κ1) is 15.7. The molecular weight excluding hydrogens is 266 g/mol. The lowest BCUT2D eigenvalue weighted by molar-refractivity contribution is -0.0195. The van der Waals surface area contributed by atoms with Gasteiger partial charge in [0.2, 0.25) is 0 Å². The Kier molecular flexibility index (Phi) is 5.20. The largest absolute Gasteiger partial charge is 0.383 e. The van der Waals surface area contributed by atoms with Crippen LogP contribution < -0.4 is 5.32 Å². The van der Waals surface area contributed by atoms with Gasteiger partial charge in [0.25, 0.3) is 0 Å². The molecular formula is C17H31NO3. The predicted octanol–water partition coefficient (Wildman–Crippen LogP) is 2.37. The Morgan fingerprint density at radius 1 is 1.24 bits per heavy atom. The van der Waals surface area contributed by atoms with Crippen molar-refractivity contribution >= 4 is 0 Å². The summed E-state index contributed by atoms with van der Waals surface area (Å²) >= 11 is 0. The van der Waals surface area contributed by atoms with E-state index in [1.807, 2.05) is 0 Å². The van der Waals surface area contributed by atoms with Crippen LogP contribution in [0, 0.1) is 11.3 Å². The smallest absolute Gasteiger partial charge is 0.0673 e. The van der Waals surface area contributed by atoms with Crippen molar-refractivity contribution in [3.8, 4) is 0 Å². The van der Waals surface area contributed by atoms with Gasteiger partial charge in [-0.2, -0.15) is 0 Å². The summed E-state index contributed by atoms with van der Waals surface area (Å²) in [5.74, 6) is 0.801. The van der Waals surface area contributed by atoms with E-state index >= 15 is 0 Å². The fourth-order valence-corrected chi connectivity index (χ4v) is 4.22. The maximum Gasteiger partial charge on any atom is 0.0673 e. The van der Waals surface area contributed by atoms with Crippen molar-refractivity contribution in [3.63, 3.8) is 0 Å². The molecule has 0 aromatic heterocycles. The molecule has 0 aromatic rings. The molecule has 0 aromatic carbocycles. The molecule has 3 rings (SSSR count). The third-order valence-corrected chi connectivity index (χ3v) is 5.47. The van der Waals surface area contributed by atoms with Gasteiger partial charge in [-0.25, -0.2) is 0 Å². The Morgan fingerprint density at radius 2 is 2.10 bits per heavy atom. The van der Waals surface area contributed by atoms with Crippen molar-refractivity contribution in [2.75, 3.05) is 33.4 Å². The van der Waals surface area contributed by atoms with E-state index in [9.17, 15) is 0 Å². The topological polar surface area (TPSA) is 39.7 Å². The van der Waals surface area contributed by atoms with E-state index in [4.69, 9.17) is 14.2 Å². The molecule has 1 aliphatic carbocycles. The van der Waals surface area contributed by atoms with Crippen molar-refractivity contribution in [1.82, 2.24) is 5.32 Å². The molecule has 2 aliphatic heterocycles. The van der Waals surface area contributed by atoms with Gasteiger partial charge in [0.15, 0.2) is 0 Å². The third-order valence-electron chi connectivity index (χ3n) is 5.47. The Morgan fingerprint density at radius 3 is 2.76 bits per heavy atom. The fourth-order valence-electron chi connectivity index (χ4n) is 4.22. The second-order valence-corrected chi connectivity index (χ2v) is 7.26. The minimum absolute atomic E-state index is 0.281. The average Bonchev–Trinajstić information content (AvgIpc) is 3.11.